The average Bonchev–Trinajstić information content (AvgIpc) is 3.35. The van der Waals surface area contributed by atoms with Crippen LogP contribution in [0.3, 0.4) is 0 Å². The van der Waals surface area contributed by atoms with Crippen molar-refractivity contribution in [2.75, 3.05) is 5.73 Å². The molecular formula is C28H24N10. The molecule has 0 amide bonds. The summed E-state index contributed by atoms with van der Waals surface area (Å²) in [5, 5.41) is 13.3. The Balaban J connectivity index is 1.28. The Labute approximate surface area is 217 Å². The number of nitrogen functional groups attached to an aromatic ring is 1. The number of fused-ring (bicyclic) bond motifs is 2. The van der Waals surface area contributed by atoms with E-state index >= 15 is 0 Å². The second-order valence-electron chi connectivity index (χ2n) is 10.0. The molecule has 10 heteroatoms. The van der Waals surface area contributed by atoms with Crippen molar-refractivity contribution in [2.24, 2.45) is 0 Å². The fourth-order valence-electron chi connectivity index (χ4n) is 5.52. The van der Waals surface area contributed by atoms with Crippen molar-refractivity contribution >= 4 is 17.0 Å². The normalized spacial score (nSPS) is 16.8. The summed E-state index contributed by atoms with van der Waals surface area (Å²) in [5.41, 5.74) is 13.3. The van der Waals surface area contributed by atoms with Crippen molar-refractivity contribution in [3.05, 3.63) is 90.1 Å². The first-order chi connectivity index (χ1) is 18.7. The molecule has 38 heavy (non-hydrogen) atoms. The van der Waals surface area contributed by atoms with Gasteiger partial charge in [0.05, 0.1) is 17.3 Å². The highest BCUT2D eigenvalue weighted by molar-refractivity contribution is 5.83. The van der Waals surface area contributed by atoms with E-state index in [-0.39, 0.29) is 6.04 Å². The Morgan fingerprint density at radius 3 is 2.74 bits per heavy atom. The van der Waals surface area contributed by atoms with Gasteiger partial charge in [-0.25, -0.2) is 24.3 Å². The standard InChI is InChI=1S/C28H24N10/c29-26-21(3-1-12-30-26)27-32-22-9-11-25(36-14-2-13-31-36)33-28(22)38(27)19-7-8-20-18(15-19)6-10-24(20)37-16-23(34-35-37)17-4-5-17/h1-3,7-9,11-17,24H,4-6,10H2,(H2,29,30)/t24-/m0/s1. The van der Waals surface area contributed by atoms with Gasteiger partial charge in [0, 0.05) is 36.4 Å². The Morgan fingerprint density at radius 2 is 1.89 bits per heavy atom. The topological polar surface area (TPSA) is 118 Å². The van der Waals surface area contributed by atoms with Gasteiger partial charge in [0.1, 0.15) is 11.3 Å². The van der Waals surface area contributed by atoms with Crippen LogP contribution in [-0.2, 0) is 6.42 Å². The van der Waals surface area contributed by atoms with Crippen LogP contribution < -0.4 is 5.73 Å². The predicted octanol–water partition coefficient (Wildman–Crippen LogP) is 4.25. The van der Waals surface area contributed by atoms with E-state index in [0.29, 0.717) is 23.4 Å². The van der Waals surface area contributed by atoms with Crippen LogP contribution in [0.1, 0.15) is 48.0 Å². The van der Waals surface area contributed by atoms with Crippen LogP contribution in [0.15, 0.2) is 73.3 Å². The number of benzene rings is 1. The summed E-state index contributed by atoms with van der Waals surface area (Å²) in [6.07, 6.45) is 11.9. The summed E-state index contributed by atoms with van der Waals surface area (Å²) in [6.45, 7) is 0. The van der Waals surface area contributed by atoms with Crippen molar-refractivity contribution in [2.45, 2.75) is 37.6 Å². The summed E-state index contributed by atoms with van der Waals surface area (Å²) in [6, 6.07) is 16.4. The Bertz CT molecular complexity index is 1810. The van der Waals surface area contributed by atoms with Gasteiger partial charge in [-0.05, 0) is 79.3 Å². The first kappa shape index (κ1) is 21.2. The Hall–Kier alpha value is -4.86. The van der Waals surface area contributed by atoms with Crippen molar-refractivity contribution in [1.29, 1.82) is 0 Å². The van der Waals surface area contributed by atoms with E-state index in [9.17, 15) is 0 Å². The molecule has 0 saturated heterocycles. The van der Waals surface area contributed by atoms with Gasteiger partial charge < -0.3 is 5.73 Å². The zero-order valence-corrected chi connectivity index (χ0v) is 20.5. The summed E-state index contributed by atoms with van der Waals surface area (Å²) >= 11 is 0. The zero-order chi connectivity index (χ0) is 25.2. The third-order valence-electron chi connectivity index (χ3n) is 7.58. The summed E-state index contributed by atoms with van der Waals surface area (Å²) in [4.78, 5) is 14.2. The van der Waals surface area contributed by atoms with Crippen LogP contribution in [-0.4, -0.2) is 44.3 Å². The number of aromatic nitrogens is 9. The van der Waals surface area contributed by atoms with E-state index in [0.717, 1.165) is 41.0 Å². The van der Waals surface area contributed by atoms with Gasteiger partial charge in [0.15, 0.2) is 17.3 Å². The molecule has 6 aromatic rings. The number of aryl methyl sites for hydroxylation is 1. The zero-order valence-electron chi connectivity index (χ0n) is 20.5. The van der Waals surface area contributed by atoms with Gasteiger partial charge in [-0.1, -0.05) is 11.3 Å². The molecule has 5 aromatic heterocycles. The molecule has 186 valence electrons. The van der Waals surface area contributed by atoms with Crippen molar-refractivity contribution in [1.82, 2.24) is 44.3 Å². The monoisotopic (exact) mass is 500 g/mol. The minimum absolute atomic E-state index is 0.205. The molecule has 0 bridgehead atoms. The largest absolute Gasteiger partial charge is 0.383 e. The molecule has 2 aliphatic carbocycles. The smallest absolute Gasteiger partial charge is 0.167 e. The molecule has 2 N–H and O–H groups in total. The minimum atomic E-state index is 0.205. The lowest BCUT2D eigenvalue weighted by atomic mass is 10.1. The molecule has 0 spiro atoms. The maximum Gasteiger partial charge on any atom is 0.167 e. The second kappa shape index (κ2) is 8.07. The first-order valence-corrected chi connectivity index (χ1v) is 12.9. The number of pyridine rings is 2. The highest BCUT2D eigenvalue weighted by Crippen LogP contribution is 2.41. The van der Waals surface area contributed by atoms with Crippen molar-refractivity contribution in [3.63, 3.8) is 0 Å². The van der Waals surface area contributed by atoms with Crippen LogP contribution in [0.4, 0.5) is 5.82 Å². The van der Waals surface area contributed by atoms with E-state index in [1.165, 1.54) is 24.0 Å². The molecule has 0 unspecified atom stereocenters. The van der Waals surface area contributed by atoms with Crippen LogP contribution in [0.2, 0.25) is 0 Å². The highest BCUT2D eigenvalue weighted by Gasteiger charge is 2.30. The highest BCUT2D eigenvalue weighted by atomic mass is 15.4. The second-order valence-corrected chi connectivity index (χ2v) is 10.0. The summed E-state index contributed by atoms with van der Waals surface area (Å²) in [7, 11) is 0. The van der Waals surface area contributed by atoms with Crippen molar-refractivity contribution in [3.8, 4) is 22.9 Å². The van der Waals surface area contributed by atoms with Crippen molar-refractivity contribution < 1.29 is 0 Å². The van der Waals surface area contributed by atoms with E-state index in [2.05, 4.69) is 49.4 Å². The van der Waals surface area contributed by atoms with Gasteiger partial charge in [-0.3, -0.25) is 4.57 Å². The number of anilines is 1. The van der Waals surface area contributed by atoms with Gasteiger partial charge in [-0.15, -0.1) is 5.10 Å². The van der Waals surface area contributed by atoms with Crippen LogP contribution >= 0.6 is 0 Å². The molecule has 1 fully saturated rings. The SMILES string of the molecule is Nc1ncccc1-c1nc2ccc(-n3cccn3)nc2n1-c1ccc2c(c1)CC[C@@H]2n1cc(C2CC2)nn1. The minimum Gasteiger partial charge on any atom is -0.383 e. The lowest BCUT2D eigenvalue weighted by Crippen LogP contribution is -2.08. The summed E-state index contributed by atoms with van der Waals surface area (Å²) < 4.78 is 5.87. The van der Waals surface area contributed by atoms with E-state index < -0.39 is 0 Å². The third kappa shape index (κ3) is 3.33. The van der Waals surface area contributed by atoms with Gasteiger partial charge in [-0.2, -0.15) is 5.10 Å². The molecule has 5 heterocycles. The number of nitrogens with two attached hydrogens (primary N) is 1. The molecular weight excluding hydrogens is 476 g/mol. The van der Waals surface area contributed by atoms with E-state index in [4.69, 9.17) is 15.7 Å². The number of hydrogen-bond acceptors (Lipinski definition) is 7. The van der Waals surface area contributed by atoms with Gasteiger partial charge >= 0.3 is 0 Å². The lowest BCUT2D eigenvalue weighted by molar-refractivity contribution is 0.504. The predicted molar refractivity (Wildman–Crippen MR) is 142 cm³/mol. The third-order valence-corrected chi connectivity index (χ3v) is 7.58. The molecule has 2 aliphatic rings. The van der Waals surface area contributed by atoms with Gasteiger partial charge in [0.25, 0.3) is 0 Å². The van der Waals surface area contributed by atoms with Crippen LogP contribution in [0.25, 0.3) is 34.1 Å². The molecule has 1 aromatic carbocycles. The maximum atomic E-state index is 6.31. The fraction of sp³-hybridized carbons (Fsp3) is 0.214. The molecule has 0 aliphatic heterocycles. The van der Waals surface area contributed by atoms with E-state index in [1.807, 2.05) is 41.2 Å². The maximum absolute atomic E-state index is 6.31. The fourth-order valence-corrected chi connectivity index (χ4v) is 5.52. The number of nitrogens with zero attached hydrogens (tertiary/aromatic N) is 9. The Kier molecular flexibility index (Phi) is 4.51. The Morgan fingerprint density at radius 1 is 0.947 bits per heavy atom. The number of hydrogen-bond donors (Lipinski definition) is 1. The van der Waals surface area contributed by atoms with E-state index in [1.54, 1.807) is 17.1 Å². The molecule has 1 atom stereocenters. The molecule has 8 rings (SSSR count). The van der Waals surface area contributed by atoms with Gasteiger partial charge in [0.2, 0.25) is 0 Å². The molecule has 1 saturated carbocycles. The lowest BCUT2D eigenvalue weighted by Gasteiger charge is -2.14. The van der Waals surface area contributed by atoms with Crippen LogP contribution in [0.5, 0.6) is 0 Å². The number of imidazole rings is 1. The molecule has 0 radical (unpaired) electrons. The average molecular weight is 501 g/mol. The quantitative estimate of drug-likeness (QED) is 0.376. The summed E-state index contributed by atoms with van der Waals surface area (Å²) in [5.74, 6) is 2.44. The molecule has 10 nitrogen and oxygen atoms in total. The van der Waals surface area contributed by atoms with Crippen LogP contribution in [0, 0.1) is 0 Å². The first-order valence-electron chi connectivity index (χ1n) is 12.9. The number of rotatable bonds is 5.